The monoisotopic (exact) mass is 293 g/mol. The first-order valence-corrected chi connectivity index (χ1v) is 6.93. The molecule has 0 amide bonds. The molecule has 5 heteroatoms. The highest BCUT2D eigenvalue weighted by atomic mass is 19.2. The Morgan fingerprint density at radius 2 is 1.86 bits per heavy atom. The zero-order valence-electron chi connectivity index (χ0n) is 12.8. The van der Waals surface area contributed by atoms with Gasteiger partial charge in [-0.1, -0.05) is 26.8 Å². The van der Waals surface area contributed by atoms with E-state index in [0.717, 1.165) is 17.5 Å². The SMILES string of the molecule is Cn1nc(C(C)(C)C)cc1C(CN)c1ccc(F)c(F)c1. The first kappa shape index (κ1) is 15.6. The van der Waals surface area contributed by atoms with Gasteiger partial charge in [-0.15, -0.1) is 0 Å². The molecule has 21 heavy (non-hydrogen) atoms. The summed E-state index contributed by atoms with van der Waals surface area (Å²) in [6.45, 7) is 6.53. The molecular weight excluding hydrogens is 272 g/mol. The second-order valence-corrected chi connectivity index (χ2v) is 6.29. The molecule has 0 aliphatic rings. The smallest absolute Gasteiger partial charge is 0.159 e. The van der Waals surface area contributed by atoms with E-state index in [9.17, 15) is 8.78 Å². The fraction of sp³-hybridized carbons (Fsp3) is 0.438. The van der Waals surface area contributed by atoms with Crippen molar-refractivity contribution in [3.63, 3.8) is 0 Å². The summed E-state index contributed by atoms with van der Waals surface area (Å²) in [6, 6.07) is 5.89. The van der Waals surface area contributed by atoms with Gasteiger partial charge in [0.15, 0.2) is 11.6 Å². The van der Waals surface area contributed by atoms with Crippen LogP contribution >= 0.6 is 0 Å². The molecule has 1 heterocycles. The molecule has 0 spiro atoms. The predicted octanol–water partition coefficient (Wildman–Crippen LogP) is 3.09. The van der Waals surface area contributed by atoms with Gasteiger partial charge < -0.3 is 5.73 Å². The zero-order valence-corrected chi connectivity index (χ0v) is 12.8. The summed E-state index contributed by atoms with van der Waals surface area (Å²) in [5, 5.41) is 4.51. The Bertz CT molecular complexity index is 641. The van der Waals surface area contributed by atoms with Crippen LogP contribution in [0.25, 0.3) is 0 Å². The molecule has 1 unspecified atom stereocenters. The number of hydrogen-bond acceptors (Lipinski definition) is 2. The average Bonchev–Trinajstić information content (AvgIpc) is 2.77. The van der Waals surface area contributed by atoms with Crippen molar-refractivity contribution in [3.8, 4) is 0 Å². The van der Waals surface area contributed by atoms with Crippen molar-refractivity contribution in [2.45, 2.75) is 32.1 Å². The highest BCUT2D eigenvalue weighted by molar-refractivity contribution is 5.32. The Morgan fingerprint density at radius 3 is 2.33 bits per heavy atom. The molecule has 1 aromatic carbocycles. The van der Waals surface area contributed by atoms with E-state index in [4.69, 9.17) is 5.73 Å². The van der Waals surface area contributed by atoms with Crippen molar-refractivity contribution >= 4 is 0 Å². The number of aromatic nitrogens is 2. The Hall–Kier alpha value is -1.75. The van der Waals surface area contributed by atoms with Crippen LogP contribution in [0.4, 0.5) is 8.78 Å². The van der Waals surface area contributed by atoms with Crippen LogP contribution in [0.15, 0.2) is 24.3 Å². The van der Waals surface area contributed by atoms with E-state index in [1.54, 1.807) is 10.7 Å². The number of halogens is 2. The zero-order chi connectivity index (χ0) is 15.8. The minimum absolute atomic E-state index is 0.0802. The molecule has 2 N–H and O–H groups in total. The maximum absolute atomic E-state index is 13.4. The molecule has 1 aromatic heterocycles. The molecule has 0 aliphatic carbocycles. The van der Waals surface area contributed by atoms with E-state index >= 15 is 0 Å². The van der Waals surface area contributed by atoms with E-state index in [0.29, 0.717) is 12.1 Å². The standard InChI is InChI=1S/C16H21F2N3/c1-16(2,3)15-8-14(21(4)20-15)11(9-19)10-5-6-12(17)13(18)7-10/h5-8,11H,9,19H2,1-4H3. The lowest BCUT2D eigenvalue weighted by molar-refractivity contribution is 0.505. The van der Waals surface area contributed by atoms with Crippen molar-refractivity contribution in [2.75, 3.05) is 6.54 Å². The summed E-state index contributed by atoms with van der Waals surface area (Å²) in [4.78, 5) is 0. The van der Waals surface area contributed by atoms with E-state index in [-0.39, 0.29) is 11.3 Å². The van der Waals surface area contributed by atoms with E-state index in [1.807, 2.05) is 13.1 Å². The van der Waals surface area contributed by atoms with Gasteiger partial charge in [-0.3, -0.25) is 4.68 Å². The number of hydrogen-bond donors (Lipinski definition) is 1. The summed E-state index contributed by atoms with van der Waals surface area (Å²) < 4.78 is 28.3. The van der Waals surface area contributed by atoms with Crippen LogP contribution in [0, 0.1) is 11.6 Å². The van der Waals surface area contributed by atoms with Crippen LogP contribution < -0.4 is 5.73 Å². The maximum atomic E-state index is 13.4. The molecule has 0 fully saturated rings. The van der Waals surface area contributed by atoms with Crippen molar-refractivity contribution in [1.82, 2.24) is 9.78 Å². The minimum atomic E-state index is -0.857. The molecule has 1 atom stereocenters. The second kappa shape index (κ2) is 5.56. The quantitative estimate of drug-likeness (QED) is 0.945. The van der Waals surface area contributed by atoms with Crippen LogP contribution in [0.3, 0.4) is 0 Å². The first-order valence-electron chi connectivity index (χ1n) is 6.93. The Morgan fingerprint density at radius 1 is 1.19 bits per heavy atom. The molecule has 0 bridgehead atoms. The van der Waals surface area contributed by atoms with Crippen LogP contribution in [0.1, 0.15) is 43.6 Å². The molecule has 0 radical (unpaired) electrons. The average molecular weight is 293 g/mol. The fourth-order valence-corrected chi connectivity index (χ4v) is 2.33. The predicted molar refractivity (Wildman–Crippen MR) is 79.2 cm³/mol. The summed E-state index contributed by atoms with van der Waals surface area (Å²) in [7, 11) is 1.84. The van der Waals surface area contributed by atoms with Crippen LogP contribution in [0.2, 0.25) is 0 Å². The Balaban J connectivity index is 2.46. The summed E-state index contributed by atoms with van der Waals surface area (Å²) >= 11 is 0. The molecular formula is C16H21F2N3. The molecule has 2 aromatic rings. The van der Waals surface area contributed by atoms with Gasteiger partial charge in [0.1, 0.15) is 0 Å². The number of nitrogens with zero attached hydrogens (tertiary/aromatic N) is 2. The molecule has 3 nitrogen and oxygen atoms in total. The Labute approximate surface area is 123 Å². The maximum Gasteiger partial charge on any atom is 0.159 e. The van der Waals surface area contributed by atoms with Gasteiger partial charge in [-0.25, -0.2) is 8.78 Å². The van der Waals surface area contributed by atoms with E-state index < -0.39 is 11.6 Å². The van der Waals surface area contributed by atoms with E-state index in [1.165, 1.54) is 6.07 Å². The van der Waals surface area contributed by atoms with Crippen molar-refractivity contribution in [2.24, 2.45) is 12.8 Å². The topological polar surface area (TPSA) is 43.8 Å². The summed E-state index contributed by atoms with van der Waals surface area (Å²) in [6.07, 6.45) is 0. The van der Waals surface area contributed by atoms with Crippen LogP contribution in [-0.2, 0) is 12.5 Å². The highest BCUT2D eigenvalue weighted by Crippen LogP contribution is 2.29. The third kappa shape index (κ3) is 3.13. The summed E-state index contributed by atoms with van der Waals surface area (Å²) in [5.74, 6) is -1.92. The third-order valence-electron chi connectivity index (χ3n) is 3.62. The number of benzene rings is 1. The van der Waals surface area contributed by atoms with Crippen molar-refractivity contribution < 1.29 is 8.78 Å². The minimum Gasteiger partial charge on any atom is -0.329 e. The lowest BCUT2D eigenvalue weighted by atomic mass is 9.90. The molecule has 2 rings (SSSR count). The molecule has 0 saturated heterocycles. The van der Waals surface area contributed by atoms with E-state index in [2.05, 4.69) is 25.9 Å². The largest absolute Gasteiger partial charge is 0.329 e. The first-order chi connectivity index (χ1) is 9.74. The van der Waals surface area contributed by atoms with Gasteiger partial charge in [-0.2, -0.15) is 5.10 Å². The van der Waals surface area contributed by atoms with Crippen LogP contribution in [0.5, 0.6) is 0 Å². The lowest BCUT2D eigenvalue weighted by Gasteiger charge is -2.16. The Kier molecular flexibility index (Phi) is 4.14. The molecule has 0 aliphatic heterocycles. The van der Waals surface area contributed by atoms with Crippen LogP contribution in [-0.4, -0.2) is 16.3 Å². The van der Waals surface area contributed by atoms with Crippen molar-refractivity contribution in [1.29, 1.82) is 0 Å². The lowest BCUT2D eigenvalue weighted by Crippen LogP contribution is -2.17. The van der Waals surface area contributed by atoms with Gasteiger partial charge in [0.05, 0.1) is 5.69 Å². The van der Waals surface area contributed by atoms with Crippen molar-refractivity contribution in [3.05, 3.63) is 52.9 Å². The highest BCUT2D eigenvalue weighted by Gasteiger charge is 2.23. The summed E-state index contributed by atoms with van der Waals surface area (Å²) in [5.41, 5.74) is 8.27. The number of nitrogens with two attached hydrogens (primary N) is 1. The number of aryl methyl sites for hydroxylation is 1. The van der Waals surface area contributed by atoms with Gasteiger partial charge in [-0.05, 0) is 23.8 Å². The third-order valence-corrected chi connectivity index (χ3v) is 3.62. The van der Waals surface area contributed by atoms with Gasteiger partial charge in [0.2, 0.25) is 0 Å². The van der Waals surface area contributed by atoms with Gasteiger partial charge in [0.25, 0.3) is 0 Å². The number of rotatable bonds is 3. The second-order valence-electron chi connectivity index (χ2n) is 6.29. The molecule has 0 saturated carbocycles. The normalized spacial score (nSPS) is 13.5. The fourth-order valence-electron chi connectivity index (χ4n) is 2.33. The van der Waals surface area contributed by atoms with Gasteiger partial charge in [0, 0.05) is 30.6 Å². The molecule has 114 valence electrons. The van der Waals surface area contributed by atoms with Gasteiger partial charge >= 0.3 is 0 Å².